The zero-order valence-electron chi connectivity index (χ0n) is 16.3. The van der Waals surface area contributed by atoms with Gasteiger partial charge in [-0.1, -0.05) is 16.8 Å². The minimum absolute atomic E-state index is 0.0693. The molecule has 1 aromatic heterocycles. The molecular formula is C20H24ClN3O3S. The van der Waals surface area contributed by atoms with Crippen molar-refractivity contribution in [3.63, 3.8) is 0 Å². The number of thioether (sulfide) groups is 1. The standard InChI is InChI=1S/C20H24ClN3O3S/c1-12-17(13(2)27-23-12)11-24-9-8-14(4-7-19(24)25)22-20(26)16-10-15(28-3)5-6-18(16)21/h5-6,10,14H,4,7-9,11H2,1-3H3,(H,22,26). The lowest BCUT2D eigenvalue weighted by atomic mass is 10.1. The van der Waals surface area contributed by atoms with E-state index in [-0.39, 0.29) is 17.9 Å². The van der Waals surface area contributed by atoms with Crippen LogP contribution in [0.25, 0.3) is 0 Å². The van der Waals surface area contributed by atoms with Crippen molar-refractivity contribution < 1.29 is 14.1 Å². The summed E-state index contributed by atoms with van der Waals surface area (Å²) in [7, 11) is 0. The van der Waals surface area contributed by atoms with Crippen LogP contribution in [0.15, 0.2) is 27.6 Å². The zero-order chi connectivity index (χ0) is 20.3. The van der Waals surface area contributed by atoms with Crippen LogP contribution in [0.2, 0.25) is 5.02 Å². The Bertz CT molecular complexity index is 864. The molecule has 1 aromatic carbocycles. The van der Waals surface area contributed by atoms with Gasteiger partial charge in [-0.3, -0.25) is 9.59 Å². The average molecular weight is 422 g/mol. The van der Waals surface area contributed by atoms with Gasteiger partial charge in [-0.05, 0) is 51.1 Å². The fraction of sp³-hybridized carbons (Fsp3) is 0.450. The summed E-state index contributed by atoms with van der Waals surface area (Å²) >= 11 is 7.77. The number of aryl methyl sites for hydroxylation is 2. The SMILES string of the molecule is CSc1ccc(Cl)c(C(=O)NC2CCC(=O)N(Cc3c(C)noc3C)CC2)c1. The van der Waals surface area contributed by atoms with E-state index in [9.17, 15) is 9.59 Å². The highest BCUT2D eigenvalue weighted by Gasteiger charge is 2.26. The summed E-state index contributed by atoms with van der Waals surface area (Å²) in [5, 5.41) is 7.43. The number of likely N-dealkylation sites (tertiary alicyclic amines) is 1. The Kier molecular flexibility index (Phi) is 6.67. The van der Waals surface area contributed by atoms with Crippen LogP contribution < -0.4 is 5.32 Å². The molecule has 1 saturated heterocycles. The van der Waals surface area contributed by atoms with Gasteiger partial charge in [0.05, 0.1) is 22.8 Å². The third-order valence-electron chi connectivity index (χ3n) is 5.09. The van der Waals surface area contributed by atoms with E-state index in [1.807, 2.05) is 31.1 Å². The zero-order valence-corrected chi connectivity index (χ0v) is 17.8. The van der Waals surface area contributed by atoms with Crippen LogP contribution in [0.1, 0.15) is 46.6 Å². The quantitative estimate of drug-likeness (QED) is 0.739. The summed E-state index contributed by atoms with van der Waals surface area (Å²) in [5.41, 5.74) is 2.23. The number of halogens is 1. The van der Waals surface area contributed by atoms with E-state index in [1.165, 1.54) is 0 Å². The van der Waals surface area contributed by atoms with E-state index >= 15 is 0 Å². The summed E-state index contributed by atoms with van der Waals surface area (Å²) in [4.78, 5) is 28.0. The molecule has 1 fully saturated rings. The van der Waals surface area contributed by atoms with E-state index < -0.39 is 0 Å². The van der Waals surface area contributed by atoms with Gasteiger partial charge in [0.15, 0.2) is 0 Å². The minimum Gasteiger partial charge on any atom is -0.361 e. The Balaban J connectivity index is 1.65. The molecule has 0 saturated carbocycles. The summed E-state index contributed by atoms with van der Waals surface area (Å²) in [5.74, 6) is 0.624. The average Bonchev–Trinajstić information content (AvgIpc) is 2.89. The van der Waals surface area contributed by atoms with Crippen LogP contribution in [0.3, 0.4) is 0 Å². The van der Waals surface area contributed by atoms with E-state index in [2.05, 4.69) is 10.5 Å². The van der Waals surface area contributed by atoms with Crippen LogP contribution in [-0.2, 0) is 11.3 Å². The Hall–Kier alpha value is -1.99. The molecule has 1 aliphatic rings. The summed E-state index contributed by atoms with van der Waals surface area (Å²) < 4.78 is 5.20. The molecule has 0 bridgehead atoms. The molecule has 1 atom stereocenters. The van der Waals surface area contributed by atoms with Gasteiger partial charge in [-0.25, -0.2) is 0 Å². The molecule has 0 spiro atoms. The number of carbonyl (C=O) groups excluding carboxylic acids is 2. The number of nitrogens with zero attached hydrogens (tertiary/aromatic N) is 2. The van der Waals surface area contributed by atoms with Crippen LogP contribution in [0.5, 0.6) is 0 Å². The predicted octanol–water partition coefficient (Wildman–Crippen LogP) is 3.98. The first kappa shape index (κ1) is 20.7. The Morgan fingerprint density at radius 2 is 2.18 bits per heavy atom. The number of benzene rings is 1. The summed E-state index contributed by atoms with van der Waals surface area (Å²) in [6.45, 7) is 4.80. The largest absolute Gasteiger partial charge is 0.361 e. The molecule has 0 radical (unpaired) electrons. The highest BCUT2D eigenvalue weighted by atomic mass is 35.5. The van der Waals surface area contributed by atoms with Gasteiger partial charge in [0.1, 0.15) is 5.76 Å². The van der Waals surface area contributed by atoms with Gasteiger partial charge >= 0.3 is 0 Å². The van der Waals surface area contributed by atoms with Crippen molar-refractivity contribution in [2.24, 2.45) is 0 Å². The first-order valence-electron chi connectivity index (χ1n) is 9.23. The number of carbonyl (C=O) groups is 2. The van der Waals surface area contributed by atoms with E-state index in [4.69, 9.17) is 16.1 Å². The number of aromatic nitrogens is 1. The Labute approximate surface area is 174 Å². The second-order valence-corrected chi connectivity index (χ2v) is 8.25. The van der Waals surface area contributed by atoms with Crippen molar-refractivity contribution >= 4 is 35.2 Å². The fourth-order valence-corrected chi connectivity index (χ4v) is 3.98. The molecule has 1 N–H and O–H groups in total. The second-order valence-electron chi connectivity index (χ2n) is 6.96. The summed E-state index contributed by atoms with van der Waals surface area (Å²) in [6, 6.07) is 5.36. The van der Waals surface area contributed by atoms with Gasteiger partial charge in [0.2, 0.25) is 5.91 Å². The van der Waals surface area contributed by atoms with Gasteiger partial charge in [-0.15, -0.1) is 11.8 Å². The van der Waals surface area contributed by atoms with Crippen LogP contribution in [0, 0.1) is 13.8 Å². The number of amides is 2. The van der Waals surface area contributed by atoms with Gasteiger partial charge in [-0.2, -0.15) is 0 Å². The molecule has 150 valence electrons. The van der Waals surface area contributed by atoms with E-state index in [0.717, 1.165) is 21.9 Å². The van der Waals surface area contributed by atoms with E-state index in [0.29, 0.717) is 42.9 Å². The predicted molar refractivity (Wildman–Crippen MR) is 110 cm³/mol. The highest BCUT2D eigenvalue weighted by molar-refractivity contribution is 7.98. The third-order valence-corrected chi connectivity index (χ3v) is 6.15. The van der Waals surface area contributed by atoms with Crippen LogP contribution in [0.4, 0.5) is 0 Å². The molecule has 1 unspecified atom stereocenters. The van der Waals surface area contributed by atoms with Crippen LogP contribution in [-0.4, -0.2) is 40.7 Å². The molecule has 28 heavy (non-hydrogen) atoms. The second kappa shape index (κ2) is 9.01. The summed E-state index contributed by atoms with van der Waals surface area (Å²) in [6.07, 6.45) is 3.66. The smallest absolute Gasteiger partial charge is 0.253 e. The monoisotopic (exact) mass is 421 g/mol. The van der Waals surface area contributed by atoms with Gasteiger partial charge < -0.3 is 14.7 Å². The normalized spacial score (nSPS) is 17.5. The maximum Gasteiger partial charge on any atom is 0.253 e. The van der Waals surface area contributed by atoms with Crippen molar-refractivity contribution in [3.8, 4) is 0 Å². The topological polar surface area (TPSA) is 75.4 Å². The fourth-order valence-electron chi connectivity index (χ4n) is 3.34. The maximum absolute atomic E-state index is 12.7. The Morgan fingerprint density at radius 3 is 2.86 bits per heavy atom. The number of nitrogens with one attached hydrogen (secondary N) is 1. The molecule has 2 amide bonds. The number of hydrogen-bond donors (Lipinski definition) is 1. The number of hydrogen-bond acceptors (Lipinski definition) is 5. The van der Waals surface area contributed by atoms with Crippen molar-refractivity contribution in [3.05, 3.63) is 45.8 Å². The van der Waals surface area contributed by atoms with Crippen molar-refractivity contribution in [1.82, 2.24) is 15.4 Å². The Morgan fingerprint density at radius 1 is 1.39 bits per heavy atom. The first-order chi connectivity index (χ1) is 13.4. The lowest BCUT2D eigenvalue weighted by Crippen LogP contribution is -2.36. The van der Waals surface area contributed by atoms with Crippen molar-refractivity contribution in [1.29, 1.82) is 0 Å². The molecule has 8 heteroatoms. The first-order valence-corrected chi connectivity index (χ1v) is 10.8. The van der Waals surface area contributed by atoms with Crippen LogP contribution >= 0.6 is 23.4 Å². The lowest BCUT2D eigenvalue weighted by molar-refractivity contribution is -0.131. The van der Waals surface area contributed by atoms with Crippen molar-refractivity contribution in [2.75, 3.05) is 12.8 Å². The van der Waals surface area contributed by atoms with Crippen molar-refractivity contribution in [2.45, 2.75) is 50.6 Å². The molecule has 3 rings (SSSR count). The highest BCUT2D eigenvalue weighted by Crippen LogP contribution is 2.24. The minimum atomic E-state index is -0.197. The molecule has 2 heterocycles. The van der Waals surface area contributed by atoms with Gasteiger partial charge in [0, 0.05) is 29.5 Å². The molecule has 1 aliphatic heterocycles. The number of rotatable bonds is 5. The third kappa shape index (κ3) is 4.70. The molecule has 0 aliphatic carbocycles. The maximum atomic E-state index is 12.7. The molecular weight excluding hydrogens is 398 g/mol. The molecule has 2 aromatic rings. The molecule has 6 nitrogen and oxygen atoms in total. The lowest BCUT2D eigenvalue weighted by Gasteiger charge is -2.21. The van der Waals surface area contributed by atoms with Gasteiger partial charge in [0.25, 0.3) is 5.91 Å². The van der Waals surface area contributed by atoms with E-state index in [1.54, 1.807) is 23.9 Å².